The lowest BCUT2D eigenvalue weighted by molar-refractivity contribution is -0.0158. The molecule has 0 saturated heterocycles. The first-order chi connectivity index (χ1) is 16.6. The molecule has 2 aromatic rings. The lowest BCUT2D eigenvalue weighted by atomic mass is 9.86. The van der Waals surface area contributed by atoms with Gasteiger partial charge < -0.3 is 24.6 Å². The van der Waals surface area contributed by atoms with Crippen LogP contribution in [-0.2, 0) is 12.8 Å². The zero-order valence-electron chi connectivity index (χ0n) is 20.7. The highest BCUT2D eigenvalue weighted by atomic mass is 16.6. The number of aromatic hydroxyl groups is 2. The van der Waals surface area contributed by atoms with E-state index in [9.17, 15) is 10.2 Å². The van der Waals surface area contributed by atoms with Crippen molar-refractivity contribution >= 4 is 0 Å². The van der Waals surface area contributed by atoms with E-state index in [1.165, 1.54) is 24.8 Å². The van der Waals surface area contributed by atoms with Crippen LogP contribution in [0, 0.1) is 0 Å². The zero-order valence-corrected chi connectivity index (χ0v) is 20.7. The van der Waals surface area contributed by atoms with Gasteiger partial charge in [-0.15, -0.1) is 0 Å². The summed E-state index contributed by atoms with van der Waals surface area (Å²) in [5.41, 5.74) is 2.12. The van der Waals surface area contributed by atoms with E-state index in [0.717, 1.165) is 68.8 Å². The van der Waals surface area contributed by atoms with Gasteiger partial charge in [0, 0.05) is 18.2 Å². The lowest BCUT2D eigenvalue weighted by Crippen LogP contribution is -2.43. The zero-order chi connectivity index (χ0) is 23.9. The highest BCUT2D eigenvalue weighted by Gasteiger charge is 2.26. The van der Waals surface area contributed by atoms with Crippen molar-refractivity contribution in [2.75, 3.05) is 33.3 Å². The average molecular weight is 469 g/mol. The Morgan fingerprint density at radius 1 is 0.941 bits per heavy atom. The summed E-state index contributed by atoms with van der Waals surface area (Å²) in [6.07, 6.45) is 8.79. The molecule has 4 rings (SSSR count). The predicted octanol–water partition coefficient (Wildman–Crippen LogP) is 4.96. The second kappa shape index (κ2) is 11.8. The molecule has 1 aliphatic carbocycles. The number of nitrogens with zero attached hydrogens (tertiary/aromatic N) is 2. The van der Waals surface area contributed by atoms with Crippen molar-refractivity contribution in [3.05, 3.63) is 47.5 Å². The molecule has 2 aromatic carbocycles. The molecular weight excluding hydrogens is 428 g/mol. The number of likely N-dealkylation sites (N-methyl/N-ethyl adjacent to an activating group) is 1. The van der Waals surface area contributed by atoms with Crippen LogP contribution in [0.3, 0.4) is 0 Å². The molecule has 2 N–H and O–H groups in total. The van der Waals surface area contributed by atoms with Gasteiger partial charge in [-0.2, -0.15) is 0 Å². The number of hydrogen-bond donors (Lipinski definition) is 2. The van der Waals surface area contributed by atoms with Gasteiger partial charge in [-0.25, -0.2) is 0 Å². The summed E-state index contributed by atoms with van der Waals surface area (Å²) in [6, 6.07) is 12.0. The molecule has 0 spiro atoms. The van der Waals surface area contributed by atoms with Crippen molar-refractivity contribution in [2.24, 2.45) is 0 Å². The van der Waals surface area contributed by atoms with E-state index in [0.29, 0.717) is 12.6 Å². The largest absolute Gasteiger partial charge is 0.504 e. The number of unbranched alkanes of at least 4 members (excludes halogenated alkanes) is 3. The fraction of sp³-hybridized carbons (Fsp3) is 0.571. The Labute approximate surface area is 204 Å². The third kappa shape index (κ3) is 5.97. The molecule has 0 fully saturated rings. The number of para-hydroxylation sites is 2. The molecule has 0 radical (unpaired) electrons. The molecule has 2 aliphatic rings. The summed E-state index contributed by atoms with van der Waals surface area (Å²) < 4.78 is 11.9. The highest BCUT2D eigenvalue weighted by molar-refractivity contribution is 5.50. The number of rotatable bonds is 11. The van der Waals surface area contributed by atoms with Crippen LogP contribution in [0.25, 0.3) is 0 Å². The minimum atomic E-state index is -0.0227. The molecule has 0 saturated carbocycles. The Bertz CT molecular complexity index is 935. The van der Waals surface area contributed by atoms with Crippen LogP contribution in [0.15, 0.2) is 36.4 Å². The Morgan fingerprint density at radius 2 is 1.71 bits per heavy atom. The number of benzene rings is 2. The Kier molecular flexibility index (Phi) is 8.57. The molecule has 0 bridgehead atoms. The maximum atomic E-state index is 10.2. The first-order valence-electron chi connectivity index (χ1n) is 12.9. The summed E-state index contributed by atoms with van der Waals surface area (Å²) in [5.74, 6) is 1.75. The van der Waals surface area contributed by atoms with E-state index in [2.05, 4.69) is 23.8 Å². The van der Waals surface area contributed by atoms with Gasteiger partial charge in [-0.3, -0.25) is 4.90 Å². The van der Waals surface area contributed by atoms with Crippen molar-refractivity contribution in [1.29, 1.82) is 0 Å². The van der Waals surface area contributed by atoms with Crippen molar-refractivity contribution in [3.63, 3.8) is 0 Å². The molecule has 2 atom stereocenters. The minimum absolute atomic E-state index is 0.000602. The monoisotopic (exact) mass is 468 g/mol. The van der Waals surface area contributed by atoms with Crippen LogP contribution in [0.1, 0.15) is 56.6 Å². The van der Waals surface area contributed by atoms with Crippen LogP contribution >= 0.6 is 0 Å². The van der Waals surface area contributed by atoms with Gasteiger partial charge in [0.1, 0.15) is 6.61 Å². The average Bonchev–Trinajstić information content (AvgIpc) is 2.87. The summed E-state index contributed by atoms with van der Waals surface area (Å²) >= 11 is 0. The normalized spacial score (nSPS) is 19.4. The van der Waals surface area contributed by atoms with Crippen LogP contribution in [0.5, 0.6) is 23.0 Å². The fourth-order valence-corrected chi connectivity index (χ4v) is 5.28. The van der Waals surface area contributed by atoms with E-state index < -0.39 is 0 Å². The van der Waals surface area contributed by atoms with Gasteiger partial charge in [0.2, 0.25) is 0 Å². The first-order valence-corrected chi connectivity index (χ1v) is 12.9. The lowest BCUT2D eigenvalue weighted by Gasteiger charge is -2.35. The summed E-state index contributed by atoms with van der Waals surface area (Å²) in [4.78, 5) is 4.90. The standard InChI is InChI=1S/C28H40N2O4/c1-3-16-30(22-13-14-23-21(19-22)12-15-24(31)28(23)32)18-9-5-4-8-17-29(2)27-20-33-25-10-6-7-11-26(25)34-27/h6-7,10-12,15,22,27,31-32H,3-5,8-9,13-14,16-20H2,1-2H3/t22?,27-/m0/s1. The van der Waals surface area contributed by atoms with E-state index >= 15 is 0 Å². The summed E-state index contributed by atoms with van der Waals surface area (Å²) in [6.45, 7) is 6.07. The van der Waals surface area contributed by atoms with E-state index in [4.69, 9.17) is 9.47 Å². The number of phenols is 2. The summed E-state index contributed by atoms with van der Waals surface area (Å²) in [5, 5.41) is 20.0. The van der Waals surface area contributed by atoms with Crippen LogP contribution in [-0.4, -0.2) is 65.6 Å². The number of hydrogen-bond acceptors (Lipinski definition) is 6. The Balaban J connectivity index is 1.16. The van der Waals surface area contributed by atoms with Gasteiger partial charge in [0.25, 0.3) is 0 Å². The third-order valence-corrected chi connectivity index (χ3v) is 7.26. The molecule has 1 unspecified atom stereocenters. The first kappa shape index (κ1) is 24.7. The van der Waals surface area contributed by atoms with Gasteiger partial charge in [0.15, 0.2) is 29.2 Å². The molecule has 0 amide bonds. The topological polar surface area (TPSA) is 65.4 Å². The molecule has 1 heterocycles. The second-order valence-corrected chi connectivity index (χ2v) is 9.73. The summed E-state index contributed by atoms with van der Waals surface area (Å²) in [7, 11) is 2.11. The molecule has 34 heavy (non-hydrogen) atoms. The molecule has 6 heteroatoms. The molecule has 1 aliphatic heterocycles. The Morgan fingerprint density at radius 3 is 2.50 bits per heavy atom. The fourth-order valence-electron chi connectivity index (χ4n) is 5.28. The van der Waals surface area contributed by atoms with Gasteiger partial charge >= 0.3 is 0 Å². The smallest absolute Gasteiger partial charge is 0.186 e. The minimum Gasteiger partial charge on any atom is -0.504 e. The van der Waals surface area contributed by atoms with Gasteiger partial charge in [-0.05, 0) is 82.4 Å². The number of ether oxygens (including phenoxy) is 2. The van der Waals surface area contributed by atoms with Crippen molar-refractivity contribution < 1.29 is 19.7 Å². The number of fused-ring (bicyclic) bond motifs is 2. The molecule has 6 nitrogen and oxygen atoms in total. The van der Waals surface area contributed by atoms with E-state index in [1.807, 2.05) is 30.3 Å². The highest BCUT2D eigenvalue weighted by Crippen LogP contribution is 2.37. The van der Waals surface area contributed by atoms with Crippen molar-refractivity contribution in [3.8, 4) is 23.0 Å². The van der Waals surface area contributed by atoms with Crippen LogP contribution in [0.2, 0.25) is 0 Å². The van der Waals surface area contributed by atoms with Crippen LogP contribution < -0.4 is 9.47 Å². The van der Waals surface area contributed by atoms with E-state index in [1.54, 1.807) is 6.07 Å². The van der Waals surface area contributed by atoms with Crippen LogP contribution in [0.4, 0.5) is 0 Å². The van der Waals surface area contributed by atoms with Crippen molar-refractivity contribution in [2.45, 2.75) is 70.6 Å². The van der Waals surface area contributed by atoms with Crippen molar-refractivity contribution in [1.82, 2.24) is 9.80 Å². The maximum absolute atomic E-state index is 10.2. The predicted molar refractivity (Wildman–Crippen MR) is 135 cm³/mol. The maximum Gasteiger partial charge on any atom is 0.186 e. The van der Waals surface area contributed by atoms with Gasteiger partial charge in [-0.1, -0.05) is 38.0 Å². The quantitative estimate of drug-likeness (QED) is 0.359. The Hall–Kier alpha value is -2.44. The molecule has 186 valence electrons. The van der Waals surface area contributed by atoms with E-state index in [-0.39, 0.29) is 17.7 Å². The molecule has 0 aromatic heterocycles. The second-order valence-electron chi connectivity index (χ2n) is 9.73. The SMILES string of the molecule is CCCN(CCCCCCN(C)[C@@H]1COc2ccccc2O1)C1CCc2c(ccc(O)c2O)C1. The number of phenolic OH excluding ortho intramolecular Hbond substituents is 2. The van der Waals surface area contributed by atoms with Gasteiger partial charge in [0.05, 0.1) is 0 Å². The third-order valence-electron chi connectivity index (χ3n) is 7.26. The molecular formula is C28H40N2O4.